The standard InChI is InChI=1S/C19H17Cl2N3O5/c20-14-8-13(9-15(21)10-14)19(26)23-6-4-22(5-7-23)18(25)12-29-17-3-1-2-16(11-17)24(27)28/h1-3,8-11H,4-7,12H2. The van der Waals surface area contributed by atoms with Crippen LogP contribution in [0.5, 0.6) is 5.75 Å². The molecule has 1 aliphatic heterocycles. The van der Waals surface area contributed by atoms with Crippen LogP contribution in [0.1, 0.15) is 10.4 Å². The van der Waals surface area contributed by atoms with Crippen molar-refractivity contribution >= 4 is 40.7 Å². The third-order valence-electron chi connectivity index (χ3n) is 4.42. The van der Waals surface area contributed by atoms with Crippen LogP contribution >= 0.6 is 23.2 Å². The quantitative estimate of drug-likeness (QED) is 0.528. The van der Waals surface area contributed by atoms with Crippen molar-refractivity contribution in [1.29, 1.82) is 0 Å². The number of nitrogens with zero attached hydrogens (tertiary/aromatic N) is 3. The maximum atomic E-state index is 12.6. The molecule has 0 spiro atoms. The van der Waals surface area contributed by atoms with E-state index in [0.29, 0.717) is 41.8 Å². The summed E-state index contributed by atoms with van der Waals surface area (Å²) in [7, 11) is 0. The van der Waals surface area contributed by atoms with Crippen molar-refractivity contribution in [1.82, 2.24) is 9.80 Å². The highest BCUT2D eigenvalue weighted by Gasteiger charge is 2.25. The Morgan fingerprint density at radius 1 is 1.00 bits per heavy atom. The highest BCUT2D eigenvalue weighted by Crippen LogP contribution is 2.21. The third kappa shape index (κ3) is 5.36. The van der Waals surface area contributed by atoms with Gasteiger partial charge >= 0.3 is 0 Å². The Labute approximate surface area is 176 Å². The summed E-state index contributed by atoms with van der Waals surface area (Å²) in [5.41, 5.74) is 0.291. The van der Waals surface area contributed by atoms with Crippen LogP contribution in [0.25, 0.3) is 0 Å². The predicted octanol–water partition coefficient (Wildman–Crippen LogP) is 3.27. The number of hydrogen-bond donors (Lipinski definition) is 0. The maximum absolute atomic E-state index is 12.6. The highest BCUT2D eigenvalue weighted by atomic mass is 35.5. The van der Waals surface area contributed by atoms with E-state index in [1.165, 1.54) is 18.2 Å². The molecule has 0 N–H and O–H groups in total. The van der Waals surface area contributed by atoms with Gasteiger partial charge in [-0.1, -0.05) is 29.3 Å². The molecule has 1 fully saturated rings. The molecule has 0 saturated carbocycles. The monoisotopic (exact) mass is 437 g/mol. The molecule has 1 saturated heterocycles. The van der Waals surface area contributed by atoms with Gasteiger partial charge < -0.3 is 14.5 Å². The van der Waals surface area contributed by atoms with E-state index in [9.17, 15) is 19.7 Å². The van der Waals surface area contributed by atoms with Crippen LogP contribution in [-0.2, 0) is 4.79 Å². The first-order chi connectivity index (χ1) is 13.8. The van der Waals surface area contributed by atoms with E-state index in [0.717, 1.165) is 0 Å². The van der Waals surface area contributed by atoms with Crippen molar-refractivity contribution in [3.05, 3.63) is 68.2 Å². The van der Waals surface area contributed by atoms with Gasteiger partial charge in [-0.3, -0.25) is 19.7 Å². The fourth-order valence-electron chi connectivity index (χ4n) is 2.94. The molecule has 10 heteroatoms. The van der Waals surface area contributed by atoms with E-state index in [4.69, 9.17) is 27.9 Å². The summed E-state index contributed by atoms with van der Waals surface area (Å²) in [6, 6.07) is 10.3. The Kier molecular flexibility index (Phi) is 6.56. The van der Waals surface area contributed by atoms with Crippen LogP contribution in [0.2, 0.25) is 10.0 Å². The Balaban J connectivity index is 1.52. The summed E-state index contributed by atoms with van der Waals surface area (Å²) in [4.78, 5) is 38.4. The lowest BCUT2D eigenvalue weighted by Gasteiger charge is -2.34. The summed E-state index contributed by atoms with van der Waals surface area (Å²) in [5, 5.41) is 11.6. The van der Waals surface area contributed by atoms with E-state index in [-0.39, 0.29) is 29.9 Å². The molecule has 0 atom stereocenters. The predicted molar refractivity (Wildman–Crippen MR) is 108 cm³/mol. The number of rotatable bonds is 5. The molecule has 0 aromatic heterocycles. The van der Waals surface area contributed by atoms with E-state index in [1.54, 1.807) is 34.1 Å². The fraction of sp³-hybridized carbons (Fsp3) is 0.263. The van der Waals surface area contributed by atoms with Gasteiger partial charge in [0.05, 0.1) is 11.0 Å². The number of amides is 2. The normalized spacial score (nSPS) is 13.9. The number of carbonyl (C=O) groups excluding carboxylic acids is 2. The molecule has 0 radical (unpaired) electrons. The molecule has 29 heavy (non-hydrogen) atoms. The number of nitro benzene ring substituents is 1. The Bertz CT molecular complexity index is 925. The summed E-state index contributed by atoms with van der Waals surface area (Å²) >= 11 is 11.9. The number of non-ortho nitro benzene ring substituents is 1. The first-order valence-electron chi connectivity index (χ1n) is 8.74. The van der Waals surface area contributed by atoms with Crippen molar-refractivity contribution in [2.24, 2.45) is 0 Å². The minimum absolute atomic E-state index is 0.108. The molecule has 8 nitrogen and oxygen atoms in total. The summed E-state index contributed by atoms with van der Waals surface area (Å²) < 4.78 is 5.38. The minimum Gasteiger partial charge on any atom is -0.484 e. The van der Waals surface area contributed by atoms with Crippen LogP contribution in [0.15, 0.2) is 42.5 Å². The summed E-state index contributed by atoms with van der Waals surface area (Å²) in [6.07, 6.45) is 0. The Morgan fingerprint density at radius 3 is 2.24 bits per heavy atom. The van der Waals surface area contributed by atoms with Gasteiger partial charge in [0, 0.05) is 47.9 Å². The zero-order valence-corrected chi connectivity index (χ0v) is 16.7. The molecular weight excluding hydrogens is 421 g/mol. The van der Waals surface area contributed by atoms with Gasteiger partial charge in [-0.2, -0.15) is 0 Å². The Morgan fingerprint density at radius 2 is 1.62 bits per heavy atom. The van der Waals surface area contributed by atoms with Crippen LogP contribution in [0.4, 0.5) is 5.69 Å². The van der Waals surface area contributed by atoms with Crippen molar-refractivity contribution in [2.75, 3.05) is 32.8 Å². The summed E-state index contributed by atoms with van der Waals surface area (Å²) in [6.45, 7) is 1.21. The van der Waals surface area contributed by atoms with Crippen molar-refractivity contribution in [3.8, 4) is 5.75 Å². The topological polar surface area (TPSA) is 93.0 Å². The van der Waals surface area contributed by atoms with Crippen LogP contribution in [0.3, 0.4) is 0 Å². The first-order valence-corrected chi connectivity index (χ1v) is 9.49. The molecule has 0 bridgehead atoms. The van der Waals surface area contributed by atoms with Crippen LogP contribution < -0.4 is 4.74 Å². The molecule has 2 aromatic rings. The second-order valence-corrected chi connectivity index (χ2v) is 7.25. The SMILES string of the molecule is O=C(COc1cccc([N+](=O)[O-])c1)N1CCN(C(=O)c2cc(Cl)cc(Cl)c2)CC1. The minimum atomic E-state index is -0.530. The zero-order valence-electron chi connectivity index (χ0n) is 15.2. The van der Waals surface area contributed by atoms with Crippen molar-refractivity contribution < 1.29 is 19.2 Å². The van der Waals surface area contributed by atoms with Gasteiger partial charge in [0.1, 0.15) is 5.75 Å². The van der Waals surface area contributed by atoms with Gasteiger partial charge in [0.15, 0.2) is 6.61 Å². The lowest BCUT2D eigenvalue weighted by atomic mass is 10.2. The van der Waals surface area contributed by atoms with Crippen LogP contribution in [0, 0.1) is 10.1 Å². The second-order valence-electron chi connectivity index (χ2n) is 6.37. The van der Waals surface area contributed by atoms with E-state index >= 15 is 0 Å². The van der Waals surface area contributed by atoms with E-state index in [2.05, 4.69) is 0 Å². The van der Waals surface area contributed by atoms with Crippen LogP contribution in [-0.4, -0.2) is 59.3 Å². The van der Waals surface area contributed by atoms with E-state index in [1.807, 2.05) is 0 Å². The lowest BCUT2D eigenvalue weighted by molar-refractivity contribution is -0.384. The molecule has 0 aliphatic carbocycles. The van der Waals surface area contributed by atoms with Gasteiger partial charge in [0.2, 0.25) is 0 Å². The molecule has 1 heterocycles. The molecule has 152 valence electrons. The van der Waals surface area contributed by atoms with Crippen molar-refractivity contribution in [3.63, 3.8) is 0 Å². The number of carbonyl (C=O) groups is 2. The first kappa shape index (κ1) is 20.9. The smallest absolute Gasteiger partial charge is 0.273 e. The summed E-state index contributed by atoms with van der Waals surface area (Å²) in [5.74, 6) is -0.206. The third-order valence-corrected chi connectivity index (χ3v) is 4.86. The number of nitro groups is 1. The molecule has 1 aliphatic rings. The van der Waals surface area contributed by atoms with Gasteiger partial charge in [0.25, 0.3) is 17.5 Å². The maximum Gasteiger partial charge on any atom is 0.273 e. The van der Waals surface area contributed by atoms with Gasteiger partial charge in [-0.15, -0.1) is 0 Å². The molecule has 2 aromatic carbocycles. The number of ether oxygens (including phenoxy) is 1. The largest absolute Gasteiger partial charge is 0.484 e. The highest BCUT2D eigenvalue weighted by molar-refractivity contribution is 6.35. The fourth-order valence-corrected chi connectivity index (χ4v) is 3.47. The Hall–Kier alpha value is -2.84. The molecule has 3 rings (SSSR count). The second kappa shape index (κ2) is 9.11. The van der Waals surface area contributed by atoms with Crippen molar-refractivity contribution in [2.45, 2.75) is 0 Å². The number of halogens is 2. The lowest BCUT2D eigenvalue weighted by Crippen LogP contribution is -2.51. The average molecular weight is 438 g/mol. The number of benzene rings is 2. The van der Waals surface area contributed by atoms with Gasteiger partial charge in [-0.25, -0.2) is 0 Å². The van der Waals surface area contributed by atoms with Gasteiger partial charge in [-0.05, 0) is 24.3 Å². The molecule has 2 amide bonds. The molecular formula is C19H17Cl2N3O5. The van der Waals surface area contributed by atoms with E-state index < -0.39 is 4.92 Å². The number of hydrogen-bond acceptors (Lipinski definition) is 5. The molecule has 0 unspecified atom stereocenters. The number of piperazine rings is 1. The zero-order chi connectivity index (χ0) is 21.0. The average Bonchev–Trinajstić information content (AvgIpc) is 2.71.